The zero-order valence-corrected chi connectivity index (χ0v) is 21.2. The summed E-state index contributed by atoms with van der Waals surface area (Å²) in [6.07, 6.45) is 12.4. The first-order chi connectivity index (χ1) is 15.5. The molecule has 0 N–H and O–H groups in total. The fraction of sp³-hybridized carbons (Fsp3) is 0.538. The van der Waals surface area contributed by atoms with Gasteiger partial charge in [-0.25, -0.2) is 4.98 Å². The Bertz CT molecular complexity index is 1180. The van der Waals surface area contributed by atoms with Gasteiger partial charge in [0, 0.05) is 15.8 Å². The van der Waals surface area contributed by atoms with Crippen LogP contribution in [0.1, 0.15) is 85.1 Å². The summed E-state index contributed by atoms with van der Waals surface area (Å²) < 4.78 is 0. The Balaban J connectivity index is 1.53. The fourth-order valence-electron chi connectivity index (χ4n) is 6.94. The Kier molecular flexibility index (Phi) is 4.98. The van der Waals surface area contributed by atoms with Gasteiger partial charge in [-0.1, -0.05) is 56.2 Å². The number of carbonyl (C=O) groups is 1. The average Bonchev–Trinajstić information content (AvgIpc) is 3.25. The second kappa shape index (κ2) is 7.54. The number of aryl methyl sites for hydroxylation is 2. The highest BCUT2D eigenvalue weighted by molar-refractivity contribution is 7.22. The molecule has 3 aliphatic rings. The van der Waals surface area contributed by atoms with Crippen molar-refractivity contribution in [3.63, 3.8) is 0 Å². The molecule has 1 saturated heterocycles. The lowest BCUT2D eigenvalue weighted by Gasteiger charge is -2.27. The third kappa shape index (κ3) is 2.77. The largest absolute Gasteiger partial charge is 0.322 e. The van der Waals surface area contributed by atoms with Gasteiger partial charge in [0.15, 0.2) is 0 Å². The summed E-state index contributed by atoms with van der Waals surface area (Å²) in [6, 6.07) is 4.20. The van der Waals surface area contributed by atoms with Crippen LogP contribution in [0.5, 0.6) is 0 Å². The number of halogens is 1. The number of rotatable bonds is 2. The summed E-state index contributed by atoms with van der Waals surface area (Å²) in [5.74, 6) is 0.244. The highest BCUT2D eigenvalue weighted by Gasteiger charge is 2.75. The van der Waals surface area contributed by atoms with Crippen molar-refractivity contribution in [2.45, 2.75) is 89.1 Å². The average molecular weight is 485 g/mol. The predicted octanol–water partition coefficient (Wildman–Crippen LogP) is 8.16. The Morgan fingerprint density at radius 1 is 1.03 bits per heavy atom. The summed E-state index contributed by atoms with van der Waals surface area (Å²) in [6.45, 7) is 4.03. The molecule has 2 aliphatic carbocycles. The molecule has 0 radical (unpaired) electrons. The van der Waals surface area contributed by atoms with E-state index >= 15 is 0 Å². The molecule has 168 valence electrons. The minimum absolute atomic E-state index is 0.0989. The molecule has 32 heavy (non-hydrogen) atoms. The van der Waals surface area contributed by atoms with E-state index < -0.39 is 0 Å². The SMILES string of the molecule is Cc1nc2sc(C(=O)N3C4(CCCCC4)C34CCCCC4)c(-c3cccs3)c2c(C)c1Cl. The Labute approximate surface area is 202 Å². The molecule has 4 heterocycles. The maximum absolute atomic E-state index is 14.4. The van der Waals surface area contributed by atoms with Gasteiger partial charge in [0.1, 0.15) is 9.71 Å². The lowest BCUT2D eigenvalue weighted by molar-refractivity contribution is 0.0820. The number of hydrogen-bond acceptors (Lipinski definition) is 4. The number of fused-ring (bicyclic) bond motifs is 2. The molecule has 2 saturated carbocycles. The van der Waals surface area contributed by atoms with Crippen molar-refractivity contribution in [1.82, 2.24) is 9.88 Å². The first-order valence-electron chi connectivity index (χ1n) is 12.0. The second-order valence-corrected chi connectivity index (χ2v) is 12.2. The van der Waals surface area contributed by atoms with Crippen LogP contribution in [-0.4, -0.2) is 26.9 Å². The molecule has 3 fully saturated rings. The summed E-state index contributed by atoms with van der Waals surface area (Å²) in [7, 11) is 0. The molecule has 1 aliphatic heterocycles. The standard InChI is InChI=1S/C26H29ClN2OS2/c1-16-19-20(18-10-9-15-31-18)22(32-23(19)28-17(2)21(16)27)24(30)29-25(11-5-3-6-12-25)26(29)13-7-4-8-14-26/h9-10,15H,3-8,11-14H2,1-2H3. The fourth-order valence-corrected chi connectivity index (χ4v) is 9.15. The molecule has 6 heteroatoms. The summed E-state index contributed by atoms with van der Waals surface area (Å²) in [4.78, 5) is 24.5. The van der Waals surface area contributed by atoms with E-state index in [4.69, 9.17) is 16.6 Å². The van der Waals surface area contributed by atoms with Crippen LogP contribution in [0, 0.1) is 13.8 Å². The van der Waals surface area contributed by atoms with Gasteiger partial charge >= 0.3 is 0 Å². The molecule has 0 aromatic carbocycles. The van der Waals surface area contributed by atoms with Crippen molar-refractivity contribution in [2.24, 2.45) is 0 Å². The Morgan fingerprint density at radius 3 is 2.22 bits per heavy atom. The number of carbonyl (C=O) groups excluding carboxylic acids is 1. The highest BCUT2D eigenvalue weighted by Crippen LogP contribution is 2.66. The van der Waals surface area contributed by atoms with Gasteiger partial charge in [0.2, 0.25) is 0 Å². The molecular weight excluding hydrogens is 456 g/mol. The van der Waals surface area contributed by atoms with Gasteiger partial charge in [0.25, 0.3) is 5.91 Å². The molecule has 0 atom stereocenters. The third-order valence-electron chi connectivity index (χ3n) is 8.38. The molecular formula is C26H29ClN2OS2. The van der Waals surface area contributed by atoms with Crippen LogP contribution in [-0.2, 0) is 0 Å². The van der Waals surface area contributed by atoms with Crippen LogP contribution in [0.4, 0.5) is 0 Å². The van der Waals surface area contributed by atoms with Crippen molar-refractivity contribution >= 4 is 50.4 Å². The van der Waals surface area contributed by atoms with Crippen molar-refractivity contribution in [3.05, 3.63) is 38.7 Å². The van der Waals surface area contributed by atoms with Crippen molar-refractivity contribution < 1.29 is 4.79 Å². The van der Waals surface area contributed by atoms with Gasteiger partial charge in [-0.2, -0.15) is 0 Å². The zero-order chi connectivity index (χ0) is 22.1. The van der Waals surface area contributed by atoms with E-state index in [0.717, 1.165) is 36.8 Å². The van der Waals surface area contributed by atoms with Crippen LogP contribution in [0.25, 0.3) is 20.7 Å². The third-order valence-corrected chi connectivity index (χ3v) is 10.9. The lowest BCUT2D eigenvalue weighted by atomic mass is 9.73. The highest BCUT2D eigenvalue weighted by atomic mass is 35.5. The van der Waals surface area contributed by atoms with Gasteiger partial charge in [0.05, 0.1) is 21.8 Å². The minimum Gasteiger partial charge on any atom is -0.322 e. The van der Waals surface area contributed by atoms with E-state index in [2.05, 4.69) is 29.3 Å². The van der Waals surface area contributed by atoms with Gasteiger partial charge in [-0.3, -0.25) is 4.79 Å². The number of hydrogen-bond donors (Lipinski definition) is 0. The quantitative estimate of drug-likeness (QED) is 0.343. The van der Waals surface area contributed by atoms with Crippen LogP contribution in [0.2, 0.25) is 5.02 Å². The van der Waals surface area contributed by atoms with Crippen molar-refractivity contribution in [3.8, 4) is 10.4 Å². The van der Waals surface area contributed by atoms with E-state index in [-0.39, 0.29) is 17.0 Å². The van der Waals surface area contributed by atoms with Crippen LogP contribution < -0.4 is 0 Å². The zero-order valence-electron chi connectivity index (χ0n) is 18.8. The topological polar surface area (TPSA) is 33.0 Å². The van der Waals surface area contributed by atoms with E-state index in [1.807, 2.05) is 6.92 Å². The Morgan fingerprint density at radius 2 is 1.66 bits per heavy atom. The minimum atomic E-state index is 0.0989. The van der Waals surface area contributed by atoms with E-state index in [1.165, 1.54) is 64.2 Å². The van der Waals surface area contributed by atoms with Crippen LogP contribution in [0.3, 0.4) is 0 Å². The number of pyridine rings is 1. The van der Waals surface area contributed by atoms with E-state index in [0.29, 0.717) is 5.02 Å². The van der Waals surface area contributed by atoms with Gasteiger partial charge < -0.3 is 4.90 Å². The monoisotopic (exact) mass is 484 g/mol. The second-order valence-electron chi connectivity index (χ2n) is 9.92. The predicted molar refractivity (Wildman–Crippen MR) is 135 cm³/mol. The molecule has 3 aromatic rings. The lowest BCUT2D eigenvalue weighted by Crippen LogP contribution is -2.30. The molecule has 0 unspecified atom stereocenters. The molecule has 3 nitrogen and oxygen atoms in total. The number of amides is 1. The summed E-state index contributed by atoms with van der Waals surface area (Å²) >= 11 is 9.91. The van der Waals surface area contributed by atoms with Crippen LogP contribution >= 0.6 is 34.3 Å². The molecule has 1 amide bonds. The Hall–Kier alpha value is -1.43. The molecule has 6 rings (SSSR count). The number of aromatic nitrogens is 1. The first kappa shape index (κ1) is 21.1. The van der Waals surface area contributed by atoms with Crippen molar-refractivity contribution in [2.75, 3.05) is 0 Å². The maximum atomic E-state index is 14.4. The number of thiophene rings is 2. The molecule has 2 spiro atoms. The number of nitrogens with zero attached hydrogens (tertiary/aromatic N) is 2. The summed E-state index contributed by atoms with van der Waals surface area (Å²) in [5, 5.41) is 3.87. The van der Waals surface area contributed by atoms with Crippen molar-refractivity contribution in [1.29, 1.82) is 0 Å². The normalized spacial score (nSPS) is 21.5. The summed E-state index contributed by atoms with van der Waals surface area (Å²) in [5.41, 5.74) is 3.14. The molecule has 0 bridgehead atoms. The van der Waals surface area contributed by atoms with E-state index in [1.54, 1.807) is 22.7 Å². The van der Waals surface area contributed by atoms with Gasteiger partial charge in [-0.05, 0) is 56.5 Å². The van der Waals surface area contributed by atoms with E-state index in [9.17, 15) is 4.79 Å². The maximum Gasteiger partial charge on any atom is 0.265 e. The van der Waals surface area contributed by atoms with Crippen LogP contribution in [0.15, 0.2) is 17.5 Å². The molecule has 3 aromatic heterocycles. The van der Waals surface area contributed by atoms with Gasteiger partial charge in [-0.15, -0.1) is 22.7 Å². The smallest absolute Gasteiger partial charge is 0.265 e. The first-order valence-corrected chi connectivity index (χ1v) is 14.1.